The molecule has 10 heavy (non-hydrogen) atoms. The van der Waals surface area contributed by atoms with Gasteiger partial charge in [0.2, 0.25) is 0 Å². The summed E-state index contributed by atoms with van der Waals surface area (Å²) in [6.45, 7) is 0. The van der Waals surface area contributed by atoms with Crippen LogP contribution in [-0.2, 0) is 0 Å². The van der Waals surface area contributed by atoms with Crippen molar-refractivity contribution >= 4 is 11.6 Å². The Morgan fingerprint density at radius 1 is 1.60 bits per heavy atom. The normalized spacial score (nSPS) is 8.90. The summed E-state index contributed by atoms with van der Waals surface area (Å²) in [4.78, 5) is 0. The fraction of sp³-hybridized carbons (Fsp3) is 0. The first-order valence-electron chi connectivity index (χ1n) is 2.51. The van der Waals surface area contributed by atoms with E-state index in [1.165, 1.54) is 6.07 Å². The van der Waals surface area contributed by atoms with Crippen LogP contribution in [0, 0.1) is 23.2 Å². The van der Waals surface area contributed by atoms with Crippen molar-refractivity contribution in [3.63, 3.8) is 0 Å². The van der Waals surface area contributed by atoms with Gasteiger partial charge >= 0.3 is 0 Å². The predicted octanol–water partition coefficient (Wildman–Crippen LogP) is 2.15. The Morgan fingerprint density at radius 3 is 2.80 bits per heavy atom. The van der Waals surface area contributed by atoms with Crippen LogP contribution in [0.3, 0.4) is 0 Å². The first-order valence-corrected chi connectivity index (χ1v) is 2.88. The first-order chi connectivity index (χ1) is 4.75. The maximum Gasteiger partial charge on any atom is 0.143 e. The highest BCUT2D eigenvalue weighted by Crippen LogP contribution is 2.17. The molecule has 0 atom stereocenters. The number of rotatable bonds is 0. The minimum Gasteiger partial charge on any atom is -0.205 e. The minimum absolute atomic E-state index is 0.113. The number of hydrogen-bond acceptors (Lipinski definition) is 1. The van der Waals surface area contributed by atoms with Crippen LogP contribution in [0.1, 0.15) is 5.56 Å². The molecule has 1 aromatic rings. The summed E-state index contributed by atoms with van der Waals surface area (Å²) in [5, 5.41) is 8.18. The van der Waals surface area contributed by atoms with E-state index in [2.05, 4.69) is 6.07 Å². The van der Waals surface area contributed by atoms with Gasteiger partial charge in [0, 0.05) is 0 Å². The molecular weight excluding hydrogens is 153 g/mol. The SMILES string of the molecule is N#Cc1c[c]cc(F)c1Cl. The van der Waals surface area contributed by atoms with Crippen molar-refractivity contribution in [2.24, 2.45) is 0 Å². The van der Waals surface area contributed by atoms with E-state index >= 15 is 0 Å². The first kappa shape index (κ1) is 7.04. The molecule has 1 aromatic carbocycles. The van der Waals surface area contributed by atoms with Crippen molar-refractivity contribution in [1.82, 2.24) is 0 Å². The highest BCUT2D eigenvalue weighted by atomic mass is 35.5. The topological polar surface area (TPSA) is 23.8 Å². The summed E-state index contributed by atoms with van der Waals surface area (Å²) in [5.41, 5.74) is 0.113. The van der Waals surface area contributed by atoms with Gasteiger partial charge in [0.1, 0.15) is 11.9 Å². The van der Waals surface area contributed by atoms with E-state index in [-0.39, 0.29) is 10.6 Å². The summed E-state index contributed by atoms with van der Waals surface area (Å²) in [5.74, 6) is -0.610. The fourth-order valence-electron chi connectivity index (χ4n) is 0.535. The van der Waals surface area contributed by atoms with Gasteiger partial charge < -0.3 is 0 Å². The molecule has 0 bridgehead atoms. The Morgan fingerprint density at radius 2 is 2.30 bits per heavy atom. The molecule has 1 nitrogen and oxygen atoms in total. The van der Waals surface area contributed by atoms with Gasteiger partial charge in [0.25, 0.3) is 0 Å². The predicted molar refractivity (Wildman–Crippen MR) is 35.0 cm³/mol. The monoisotopic (exact) mass is 154 g/mol. The van der Waals surface area contributed by atoms with Gasteiger partial charge in [-0.05, 0) is 18.2 Å². The zero-order valence-corrected chi connectivity index (χ0v) is 5.61. The van der Waals surface area contributed by atoms with E-state index in [1.807, 2.05) is 0 Å². The largest absolute Gasteiger partial charge is 0.205 e. The second-order valence-electron chi connectivity index (χ2n) is 1.64. The van der Waals surface area contributed by atoms with E-state index in [4.69, 9.17) is 16.9 Å². The van der Waals surface area contributed by atoms with Gasteiger partial charge in [0.05, 0.1) is 10.6 Å². The summed E-state index contributed by atoms with van der Waals surface area (Å²) >= 11 is 5.38. The zero-order valence-electron chi connectivity index (χ0n) is 4.86. The highest BCUT2D eigenvalue weighted by Gasteiger charge is 2.02. The molecule has 3 heteroatoms. The number of benzene rings is 1. The Bertz CT molecular complexity index is 290. The number of nitrogens with zero attached hydrogens (tertiary/aromatic N) is 1. The molecule has 0 heterocycles. The molecule has 1 rings (SSSR count). The molecule has 0 saturated heterocycles. The van der Waals surface area contributed by atoms with Crippen LogP contribution in [-0.4, -0.2) is 0 Å². The molecule has 0 amide bonds. The van der Waals surface area contributed by atoms with E-state index in [9.17, 15) is 4.39 Å². The summed E-state index contributed by atoms with van der Waals surface area (Å²) < 4.78 is 12.5. The van der Waals surface area contributed by atoms with E-state index in [0.717, 1.165) is 6.07 Å². The molecule has 1 radical (unpaired) electrons. The Kier molecular flexibility index (Phi) is 1.88. The maximum absolute atomic E-state index is 12.5. The van der Waals surface area contributed by atoms with E-state index in [0.29, 0.717) is 0 Å². The lowest BCUT2D eigenvalue weighted by Gasteiger charge is -1.92. The van der Waals surface area contributed by atoms with Gasteiger partial charge in [-0.1, -0.05) is 11.6 Å². The van der Waals surface area contributed by atoms with Crippen LogP contribution in [0.4, 0.5) is 4.39 Å². The lowest BCUT2D eigenvalue weighted by Crippen LogP contribution is -1.80. The smallest absolute Gasteiger partial charge is 0.143 e. The van der Waals surface area contributed by atoms with Crippen molar-refractivity contribution in [1.29, 1.82) is 5.26 Å². The lowest BCUT2D eigenvalue weighted by atomic mass is 10.2. The van der Waals surface area contributed by atoms with Crippen LogP contribution < -0.4 is 0 Å². The van der Waals surface area contributed by atoms with Crippen molar-refractivity contribution in [2.75, 3.05) is 0 Å². The Balaban J connectivity index is 3.31. The second kappa shape index (κ2) is 2.68. The number of nitriles is 1. The van der Waals surface area contributed by atoms with Gasteiger partial charge in [-0.3, -0.25) is 0 Å². The van der Waals surface area contributed by atoms with Crippen LogP contribution in [0.5, 0.6) is 0 Å². The Labute approximate surface area is 62.7 Å². The lowest BCUT2D eigenvalue weighted by molar-refractivity contribution is 0.627. The van der Waals surface area contributed by atoms with Gasteiger partial charge in [-0.15, -0.1) is 0 Å². The number of hydrogen-bond donors (Lipinski definition) is 0. The van der Waals surface area contributed by atoms with Crippen LogP contribution in [0.25, 0.3) is 0 Å². The average molecular weight is 155 g/mol. The molecule has 0 aliphatic heterocycles. The van der Waals surface area contributed by atoms with E-state index < -0.39 is 5.82 Å². The third kappa shape index (κ3) is 1.09. The van der Waals surface area contributed by atoms with E-state index in [1.54, 1.807) is 6.07 Å². The second-order valence-corrected chi connectivity index (χ2v) is 2.02. The molecular formula is C7H2ClFN. The van der Waals surface area contributed by atoms with Crippen LogP contribution >= 0.6 is 11.6 Å². The van der Waals surface area contributed by atoms with Crippen molar-refractivity contribution in [2.45, 2.75) is 0 Å². The molecule has 49 valence electrons. The van der Waals surface area contributed by atoms with Crippen molar-refractivity contribution < 1.29 is 4.39 Å². The van der Waals surface area contributed by atoms with Crippen molar-refractivity contribution in [3.8, 4) is 6.07 Å². The van der Waals surface area contributed by atoms with Crippen LogP contribution in [0.2, 0.25) is 5.02 Å². The van der Waals surface area contributed by atoms with Crippen LogP contribution in [0.15, 0.2) is 12.1 Å². The van der Waals surface area contributed by atoms with Gasteiger partial charge in [-0.25, -0.2) is 4.39 Å². The third-order valence-corrected chi connectivity index (χ3v) is 1.39. The molecule has 0 N–H and O–H groups in total. The molecule has 0 fully saturated rings. The Hall–Kier alpha value is -1.07. The standard InChI is InChI=1S/C7H2ClFN/c8-7-5(4-10)2-1-3-6(7)9/h2-3H. The quantitative estimate of drug-likeness (QED) is 0.562. The van der Waals surface area contributed by atoms with Crippen molar-refractivity contribution in [3.05, 3.63) is 34.6 Å². The van der Waals surface area contributed by atoms with Gasteiger partial charge in [-0.2, -0.15) is 5.26 Å². The molecule has 0 unspecified atom stereocenters. The summed E-state index contributed by atoms with van der Waals surface area (Å²) in [6.07, 6.45) is 0. The average Bonchev–Trinajstić information content (AvgIpc) is 1.95. The molecule has 0 aliphatic carbocycles. The summed E-state index contributed by atoms with van der Waals surface area (Å²) in [7, 11) is 0. The highest BCUT2D eigenvalue weighted by molar-refractivity contribution is 6.31. The zero-order chi connectivity index (χ0) is 7.56. The fourth-order valence-corrected chi connectivity index (χ4v) is 0.686. The third-order valence-electron chi connectivity index (χ3n) is 1.00. The summed E-state index contributed by atoms with van der Waals surface area (Å²) in [6, 6.07) is 6.60. The minimum atomic E-state index is -0.610. The molecule has 0 aliphatic rings. The molecule has 0 saturated carbocycles. The number of halogens is 2. The van der Waals surface area contributed by atoms with Gasteiger partial charge in [0.15, 0.2) is 0 Å². The maximum atomic E-state index is 12.5. The molecule has 0 aromatic heterocycles. The molecule has 0 spiro atoms.